The molecule has 4 nitrogen and oxygen atoms in total. The first-order valence-electron chi connectivity index (χ1n) is 6.31. The predicted molar refractivity (Wildman–Crippen MR) is 60.3 cm³/mol. The number of hydrogen-bond donors (Lipinski definition) is 2. The van der Waals surface area contributed by atoms with Gasteiger partial charge in [0.15, 0.2) is 0 Å². The lowest BCUT2D eigenvalue weighted by Crippen LogP contribution is -2.39. The van der Waals surface area contributed by atoms with Gasteiger partial charge in [0.25, 0.3) is 0 Å². The summed E-state index contributed by atoms with van der Waals surface area (Å²) in [5.74, 6) is -0.399. The fourth-order valence-electron chi connectivity index (χ4n) is 2.83. The highest BCUT2D eigenvalue weighted by atomic mass is 16.5. The largest absolute Gasteiger partial charge is 0.481 e. The van der Waals surface area contributed by atoms with E-state index in [0.717, 1.165) is 51.9 Å². The smallest absolute Gasteiger partial charge is 0.306 e. The molecule has 2 rings (SSSR count). The maximum Gasteiger partial charge on any atom is 0.306 e. The van der Waals surface area contributed by atoms with Crippen LogP contribution in [0.1, 0.15) is 32.1 Å². The van der Waals surface area contributed by atoms with E-state index in [1.165, 1.54) is 0 Å². The van der Waals surface area contributed by atoms with Crippen LogP contribution in [0.2, 0.25) is 0 Å². The molecule has 92 valence electrons. The Labute approximate surface area is 96.4 Å². The molecule has 2 N–H and O–H groups in total. The predicted octanol–water partition coefficient (Wildman–Crippen LogP) is 1.26. The molecule has 0 bridgehead atoms. The van der Waals surface area contributed by atoms with Gasteiger partial charge >= 0.3 is 5.97 Å². The van der Waals surface area contributed by atoms with Crippen molar-refractivity contribution in [2.75, 3.05) is 19.8 Å². The second-order valence-corrected chi connectivity index (χ2v) is 4.93. The molecule has 1 aliphatic heterocycles. The van der Waals surface area contributed by atoms with E-state index in [1.54, 1.807) is 0 Å². The fraction of sp³-hybridized carbons (Fsp3) is 0.917. The van der Waals surface area contributed by atoms with Crippen LogP contribution in [0.25, 0.3) is 0 Å². The van der Waals surface area contributed by atoms with E-state index in [9.17, 15) is 4.79 Å². The quantitative estimate of drug-likeness (QED) is 0.759. The van der Waals surface area contributed by atoms with Gasteiger partial charge in [-0.05, 0) is 38.1 Å². The van der Waals surface area contributed by atoms with Crippen LogP contribution in [-0.4, -0.2) is 36.9 Å². The zero-order valence-electron chi connectivity index (χ0n) is 9.65. The first-order valence-corrected chi connectivity index (χ1v) is 6.31. The summed E-state index contributed by atoms with van der Waals surface area (Å²) >= 11 is 0. The van der Waals surface area contributed by atoms with Gasteiger partial charge in [-0.1, -0.05) is 6.42 Å². The molecule has 2 atom stereocenters. The first-order chi connectivity index (χ1) is 7.77. The van der Waals surface area contributed by atoms with E-state index in [4.69, 9.17) is 9.84 Å². The van der Waals surface area contributed by atoms with Gasteiger partial charge < -0.3 is 15.2 Å². The second-order valence-electron chi connectivity index (χ2n) is 4.93. The maximum atomic E-state index is 11.0. The van der Waals surface area contributed by atoms with Gasteiger partial charge in [0.2, 0.25) is 0 Å². The van der Waals surface area contributed by atoms with Gasteiger partial charge in [0.1, 0.15) is 0 Å². The Morgan fingerprint density at radius 1 is 1.25 bits per heavy atom. The van der Waals surface area contributed by atoms with Crippen LogP contribution in [0.4, 0.5) is 0 Å². The average Bonchev–Trinajstić information content (AvgIpc) is 2.76. The molecule has 1 aliphatic carbocycles. The molecular weight excluding hydrogens is 206 g/mol. The van der Waals surface area contributed by atoms with Crippen molar-refractivity contribution in [2.45, 2.75) is 38.1 Å². The Morgan fingerprint density at radius 3 is 2.69 bits per heavy atom. The van der Waals surface area contributed by atoms with E-state index in [2.05, 4.69) is 5.32 Å². The van der Waals surface area contributed by atoms with E-state index >= 15 is 0 Å². The van der Waals surface area contributed by atoms with Gasteiger partial charge in [0, 0.05) is 19.3 Å². The minimum absolute atomic E-state index is 0.118. The van der Waals surface area contributed by atoms with Crippen molar-refractivity contribution in [1.29, 1.82) is 0 Å². The maximum absolute atomic E-state index is 11.0. The van der Waals surface area contributed by atoms with Gasteiger partial charge in [0.05, 0.1) is 5.92 Å². The summed E-state index contributed by atoms with van der Waals surface area (Å²) in [6, 6.07) is 0.531. The van der Waals surface area contributed by atoms with E-state index < -0.39 is 5.97 Å². The topological polar surface area (TPSA) is 58.6 Å². The highest BCUT2D eigenvalue weighted by Crippen LogP contribution is 2.31. The van der Waals surface area contributed by atoms with Crippen molar-refractivity contribution in [2.24, 2.45) is 11.8 Å². The molecule has 2 aliphatic rings. The van der Waals surface area contributed by atoms with Gasteiger partial charge in [-0.3, -0.25) is 4.79 Å². The molecule has 0 aromatic heterocycles. The molecule has 0 spiro atoms. The molecule has 16 heavy (non-hydrogen) atoms. The Morgan fingerprint density at radius 2 is 2.00 bits per heavy atom. The molecule has 4 heteroatoms. The van der Waals surface area contributed by atoms with Crippen LogP contribution < -0.4 is 5.32 Å². The van der Waals surface area contributed by atoms with Crippen LogP contribution >= 0.6 is 0 Å². The zero-order chi connectivity index (χ0) is 11.4. The molecule has 0 radical (unpaired) electrons. The number of ether oxygens (including phenoxy) is 1. The standard InChI is InChI=1S/C12H21NO3/c14-12(15)11-3-1-2-9(11)8-13-10-4-6-16-7-5-10/h9-11,13H,1-8H2,(H,14,15). The minimum Gasteiger partial charge on any atom is -0.481 e. The monoisotopic (exact) mass is 227 g/mol. The molecule has 2 fully saturated rings. The summed E-state index contributed by atoms with van der Waals surface area (Å²) in [4.78, 5) is 11.0. The Balaban J connectivity index is 1.73. The molecule has 2 unspecified atom stereocenters. The Kier molecular flexibility index (Phi) is 4.18. The van der Waals surface area contributed by atoms with Crippen molar-refractivity contribution in [3.8, 4) is 0 Å². The van der Waals surface area contributed by atoms with Crippen LogP contribution in [0.3, 0.4) is 0 Å². The number of hydrogen-bond acceptors (Lipinski definition) is 3. The van der Waals surface area contributed by atoms with Gasteiger partial charge in [-0.2, -0.15) is 0 Å². The van der Waals surface area contributed by atoms with E-state index in [0.29, 0.717) is 12.0 Å². The number of aliphatic carboxylic acids is 1. The molecule has 0 aromatic rings. The third-order valence-corrected chi connectivity index (χ3v) is 3.87. The SMILES string of the molecule is O=C(O)C1CCCC1CNC1CCOCC1. The lowest BCUT2D eigenvalue weighted by Gasteiger charge is -2.25. The number of carboxylic acid groups (broad SMARTS) is 1. The van der Waals surface area contributed by atoms with E-state index in [-0.39, 0.29) is 5.92 Å². The molecule has 1 heterocycles. The van der Waals surface area contributed by atoms with Crippen molar-refractivity contribution in [3.05, 3.63) is 0 Å². The Hall–Kier alpha value is -0.610. The third kappa shape index (κ3) is 2.95. The highest BCUT2D eigenvalue weighted by molar-refractivity contribution is 5.70. The van der Waals surface area contributed by atoms with Crippen molar-refractivity contribution < 1.29 is 14.6 Å². The fourth-order valence-corrected chi connectivity index (χ4v) is 2.83. The van der Waals surface area contributed by atoms with Gasteiger partial charge in [-0.15, -0.1) is 0 Å². The summed E-state index contributed by atoms with van der Waals surface area (Å²) in [7, 11) is 0. The molecule has 1 saturated carbocycles. The van der Waals surface area contributed by atoms with Crippen molar-refractivity contribution >= 4 is 5.97 Å². The molecule has 1 saturated heterocycles. The molecule has 0 amide bonds. The lowest BCUT2D eigenvalue weighted by molar-refractivity contribution is -0.142. The summed E-state index contributed by atoms with van der Waals surface area (Å²) in [6.45, 7) is 2.54. The van der Waals surface area contributed by atoms with Gasteiger partial charge in [-0.25, -0.2) is 0 Å². The summed E-state index contributed by atoms with van der Waals surface area (Å²) in [5.41, 5.74) is 0. The molecule has 0 aromatic carbocycles. The number of nitrogens with one attached hydrogen (secondary N) is 1. The lowest BCUT2D eigenvalue weighted by atomic mass is 9.95. The summed E-state index contributed by atoms with van der Waals surface area (Å²) < 4.78 is 5.30. The van der Waals surface area contributed by atoms with Crippen molar-refractivity contribution in [3.63, 3.8) is 0 Å². The Bertz CT molecular complexity index is 238. The van der Waals surface area contributed by atoms with Crippen molar-refractivity contribution in [1.82, 2.24) is 5.32 Å². The van der Waals surface area contributed by atoms with Crippen LogP contribution in [0.15, 0.2) is 0 Å². The average molecular weight is 227 g/mol. The minimum atomic E-state index is -0.615. The summed E-state index contributed by atoms with van der Waals surface area (Å²) in [6.07, 6.45) is 5.11. The first kappa shape index (κ1) is 11.9. The highest BCUT2D eigenvalue weighted by Gasteiger charge is 2.32. The van der Waals surface area contributed by atoms with Crippen LogP contribution in [0.5, 0.6) is 0 Å². The normalized spacial score (nSPS) is 31.8. The number of carboxylic acids is 1. The summed E-state index contributed by atoms with van der Waals surface area (Å²) in [5, 5.41) is 12.6. The third-order valence-electron chi connectivity index (χ3n) is 3.87. The zero-order valence-corrected chi connectivity index (χ0v) is 9.65. The number of carbonyl (C=O) groups is 1. The van der Waals surface area contributed by atoms with E-state index in [1.807, 2.05) is 0 Å². The molecular formula is C12H21NO3. The van der Waals surface area contributed by atoms with Crippen LogP contribution in [0, 0.1) is 11.8 Å². The van der Waals surface area contributed by atoms with Crippen LogP contribution in [-0.2, 0) is 9.53 Å². The number of rotatable bonds is 4. The second kappa shape index (κ2) is 5.64.